The molecule has 2 N–H and O–H groups in total. The summed E-state index contributed by atoms with van der Waals surface area (Å²) in [5.41, 5.74) is 1.20. The summed E-state index contributed by atoms with van der Waals surface area (Å²) in [7, 11) is 0. The molecule has 0 heterocycles. The van der Waals surface area contributed by atoms with Crippen LogP contribution in [0.2, 0.25) is 0 Å². The standard InChI is InChI=1S/C12H14O3/c1-8(2)10(7-12(14)15)9-5-3-4-6-11(9)13/h3-8,13H,1-2H3,(H,14,15)/b10-7-. The van der Waals surface area contributed by atoms with Crippen molar-refractivity contribution in [1.82, 2.24) is 0 Å². The summed E-state index contributed by atoms with van der Waals surface area (Å²) in [6.45, 7) is 3.78. The van der Waals surface area contributed by atoms with E-state index in [4.69, 9.17) is 5.11 Å². The van der Waals surface area contributed by atoms with Crippen molar-refractivity contribution in [3.8, 4) is 5.75 Å². The number of carboxylic acids is 1. The lowest BCUT2D eigenvalue weighted by Gasteiger charge is -2.12. The minimum absolute atomic E-state index is 0.0504. The molecule has 80 valence electrons. The van der Waals surface area contributed by atoms with Crippen LogP contribution in [0.3, 0.4) is 0 Å². The number of aromatic hydroxyl groups is 1. The summed E-state index contributed by atoms with van der Waals surface area (Å²) in [4.78, 5) is 10.6. The Morgan fingerprint density at radius 2 is 1.93 bits per heavy atom. The van der Waals surface area contributed by atoms with Crippen LogP contribution in [0.5, 0.6) is 5.75 Å². The van der Waals surface area contributed by atoms with Gasteiger partial charge >= 0.3 is 5.97 Å². The lowest BCUT2D eigenvalue weighted by atomic mass is 9.94. The molecule has 15 heavy (non-hydrogen) atoms. The normalized spacial score (nSPS) is 11.8. The molecule has 0 aromatic heterocycles. The van der Waals surface area contributed by atoms with Gasteiger partial charge in [-0.1, -0.05) is 32.0 Å². The molecule has 0 spiro atoms. The van der Waals surface area contributed by atoms with Gasteiger partial charge in [0.05, 0.1) is 0 Å². The molecule has 0 radical (unpaired) electrons. The van der Waals surface area contributed by atoms with Crippen LogP contribution in [0, 0.1) is 5.92 Å². The molecule has 0 atom stereocenters. The van der Waals surface area contributed by atoms with Crippen molar-refractivity contribution in [2.24, 2.45) is 5.92 Å². The predicted octanol–water partition coefficient (Wildman–Crippen LogP) is 2.52. The number of phenols is 1. The van der Waals surface area contributed by atoms with Crippen molar-refractivity contribution in [3.63, 3.8) is 0 Å². The van der Waals surface area contributed by atoms with Crippen LogP contribution in [0.25, 0.3) is 5.57 Å². The first-order valence-corrected chi connectivity index (χ1v) is 4.75. The molecule has 3 heteroatoms. The minimum atomic E-state index is -0.998. The smallest absolute Gasteiger partial charge is 0.328 e. The number of carbonyl (C=O) groups is 1. The number of para-hydroxylation sites is 1. The highest BCUT2D eigenvalue weighted by molar-refractivity contribution is 5.91. The van der Waals surface area contributed by atoms with E-state index in [2.05, 4.69) is 0 Å². The van der Waals surface area contributed by atoms with Gasteiger partial charge in [0.1, 0.15) is 5.75 Å². The molecular weight excluding hydrogens is 192 g/mol. The Bertz CT molecular complexity index is 392. The molecule has 0 saturated carbocycles. The summed E-state index contributed by atoms with van der Waals surface area (Å²) in [6.07, 6.45) is 1.14. The van der Waals surface area contributed by atoms with Crippen molar-refractivity contribution >= 4 is 11.5 Å². The van der Waals surface area contributed by atoms with Crippen LogP contribution in [-0.2, 0) is 4.79 Å². The minimum Gasteiger partial charge on any atom is -0.507 e. The average Bonchev–Trinajstić information content (AvgIpc) is 2.15. The zero-order valence-corrected chi connectivity index (χ0v) is 8.77. The van der Waals surface area contributed by atoms with Gasteiger partial charge in [-0.15, -0.1) is 0 Å². The molecule has 0 aliphatic rings. The molecule has 0 aliphatic carbocycles. The summed E-state index contributed by atoms with van der Waals surface area (Å²) < 4.78 is 0. The van der Waals surface area contributed by atoms with Gasteiger partial charge in [-0.2, -0.15) is 0 Å². The fraction of sp³-hybridized carbons (Fsp3) is 0.250. The number of hydrogen-bond donors (Lipinski definition) is 2. The Kier molecular flexibility index (Phi) is 3.50. The number of benzene rings is 1. The van der Waals surface area contributed by atoms with Crippen molar-refractivity contribution in [2.45, 2.75) is 13.8 Å². The van der Waals surface area contributed by atoms with Crippen LogP contribution >= 0.6 is 0 Å². The second-order valence-corrected chi connectivity index (χ2v) is 3.61. The Morgan fingerprint density at radius 3 is 2.40 bits per heavy atom. The van der Waals surface area contributed by atoms with Crippen molar-refractivity contribution in [3.05, 3.63) is 35.9 Å². The Labute approximate surface area is 88.7 Å². The molecular formula is C12H14O3. The molecule has 0 fully saturated rings. The van der Waals surface area contributed by atoms with Crippen LogP contribution < -0.4 is 0 Å². The number of rotatable bonds is 3. The quantitative estimate of drug-likeness (QED) is 0.747. The molecule has 1 aromatic carbocycles. The topological polar surface area (TPSA) is 57.5 Å². The van der Waals surface area contributed by atoms with E-state index in [1.165, 1.54) is 0 Å². The lowest BCUT2D eigenvalue weighted by molar-refractivity contribution is -0.131. The fourth-order valence-corrected chi connectivity index (χ4v) is 1.41. The van der Waals surface area contributed by atoms with Crippen LogP contribution in [0.15, 0.2) is 30.3 Å². The van der Waals surface area contributed by atoms with Crippen LogP contribution in [0.4, 0.5) is 0 Å². The zero-order valence-electron chi connectivity index (χ0n) is 8.77. The second kappa shape index (κ2) is 4.64. The Morgan fingerprint density at radius 1 is 1.33 bits per heavy atom. The van der Waals surface area contributed by atoms with Gasteiger partial charge in [-0.25, -0.2) is 4.79 Å². The SMILES string of the molecule is CC(C)/C(=C/C(=O)O)c1ccccc1O. The molecule has 0 bridgehead atoms. The van der Waals surface area contributed by atoms with Gasteiger partial charge < -0.3 is 10.2 Å². The van der Waals surface area contributed by atoms with Gasteiger partial charge in [0.25, 0.3) is 0 Å². The first kappa shape index (κ1) is 11.3. The third-order valence-corrected chi connectivity index (χ3v) is 2.12. The van der Waals surface area contributed by atoms with Crippen LogP contribution in [0.1, 0.15) is 19.4 Å². The number of phenolic OH excluding ortho intramolecular Hbond substituents is 1. The van der Waals surface area contributed by atoms with E-state index in [0.29, 0.717) is 11.1 Å². The molecule has 0 aliphatic heterocycles. The second-order valence-electron chi connectivity index (χ2n) is 3.61. The van der Waals surface area contributed by atoms with E-state index in [9.17, 15) is 9.90 Å². The van der Waals surface area contributed by atoms with E-state index in [1.807, 2.05) is 13.8 Å². The van der Waals surface area contributed by atoms with E-state index >= 15 is 0 Å². The third-order valence-electron chi connectivity index (χ3n) is 2.12. The van der Waals surface area contributed by atoms with E-state index in [0.717, 1.165) is 6.08 Å². The maximum absolute atomic E-state index is 10.6. The van der Waals surface area contributed by atoms with Gasteiger partial charge in [0.2, 0.25) is 0 Å². The maximum atomic E-state index is 10.6. The average molecular weight is 206 g/mol. The molecule has 0 amide bonds. The summed E-state index contributed by atoms with van der Waals surface area (Å²) in [5.74, 6) is -0.838. The van der Waals surface area contributed by atoms with E-state index in [1.54, 1.807) is 24.3 Å². The highest BCUT2D eigenvalue weighted by Gasteiger charge is 2.11. The third kappa shape index (κ3) is 2.84. The van der Waals surface area contributed by atoms with Gasteiger partial charge in [-0.05, 0) is 17.6 Å². The predicted molar refractivity (Wildman–Crippen MR) is 58.6 cm³/mol. The molecule has 0 saturated heterocycles. The fourth-order valence-electron chi connectivity index (χ4n) is 1.41. The number of allylic oxidation sites excluding steroid dienone is 1. The van der Waals surface area contributed by atoms with Crippen molar-refractivity contribution in [1.29, 1.82) is 0 Å². The maximum Gasteiger partial charge on any atom is 0.328 e. The van der Waals surface area contributed by atoms with E-state index < -0.39 is 5.97 Å². The number of hydrogen-bond acceptors (Lipinski definition) is 2. The Hall–Kier alpha value is -1.77. The molecule has 1 aromatic rings. The number of carboxylic acid groups (broad SMARTS) is 1. The largest absolute Gasteiger partial charge is 0.507 e. The van der Waals surface area contributed by atoms with E-state index in [-0.39, 0.29) is 11.7 Å². The first-order valence-electron chi connectivity index (χ1n) is 4.75. The first-order chi connectivity index (χ1) is 7.02. The van der Waals surface area contributed by atoms with Gasteiger partial charge in [-0.3, -0.25) is 0 Å². The highest BCUT2D eigenvalue weighted by atomic mass is 16.4. The summed E-state index contributed by atoms with van der Waals surface area (Å²) >= 11 is 0. The highest BCUT2D eigenvalue weighted by Crippen LogP contribution is 2.29. The molecule has 1 rings (SSSR count). The summed E-state index contributed by atoms with van der Waals surface area (Å²) in [6, 6.07) is 6.74. The molecule has 0 unspecified atom stereocenters. The lowest BCUT2D eigenvalue weighted by Crippen LogP contribution is -1.99. The van der Waals surface area contributed by atoms with Crippen molar-refractivity contribution in [2.75, 3.05) is 0 Å². The van der Waals surface area contributed by atoms with Crippen LogP contribution in [-0.4, -0.2) is 16.2 Å². The summed E-state index contributed by atoms with van der Waals surface area (Å²) in [5, 5.41) is 18.3. The Balaban J connectivity index is 3.22. The zero-order chi connectivity index (χ0) is 11.4. The monoisotopic (exact) mass is 206 g/mol. The number of aliphatic carboxylic acids is 1. The molecule has 3 nitrogen and oxygen atoms in total. The van der Waals surface area contributed by atoms with Gasteiger partial charge in [0, 0.05) is 11.6 Å². The van der Waals surface area contributed by atoms with Gasteiger partial charge in [0.15, 0.2) is 0 Å². The van der Waals surface area contributed by atoms with Crippen molar-refractivity contribution < 1.29 is 15.0 Å².